The first-order valence-corrected chi connectivity index (χ1v) is 6.65. The van der Waals surface area contributed by atoms with E-state index in [9.17, 15) is 9.59 Å². The minimum atomic E-state index is -0.424. The van der Waals surface area contributed by atoms with Crippen molar-refractivity contribution in [2.45, 2.75) is 24.3 Å². The minimum absolute atomic E-state index is 0.137. The molecule has 1 amide bonds. The van der Waals surface area contributed by atoms with Gasteiger partial charge in [0.1, 0.15) is 0 Å². The predicted molar refractivity (Wildman–Crippen MR) is 72.3 cm³/mol. The van der Waals surface area contributed by atoms with Crippen LogP contribution in [0.3, 0.4) is 0 Å². The maximum atomic E-state index is 11.2. The molecule has 4 nitrogen and oxygen atoms in total. The zero-order valence-corrected chi connectivity index (χ0v) is 11.3. The molecule has 0 saturated carbocycles. The van der Waals surface area contributed by atoms with Crippen LogP contribution in [0, 0.1) is 0 Å². The zero-order chi connectivity index (χ0) is 13.5. The van der Waals surface area contributed by atoms with Crippen molar-refractivity contribution in [3.05, 3.63) is 35.4 Å². The molecular weight excluding hydrogens is 250 g/mol. The highest BCUT2D eigenvalue weighted by Gasteiger charge is 2.12. The number of primary amides is 1. The number of hydrogen-bond acceptors (Lipinski definition) is 4. The summed E-state index contributed by atoms with van der Waals surface area (Å²) < 4.78 is 4.61. The van der Waals surface area contributed by atoms with Crippen molar-refractivity contribution in [2.75, 3.05) is 7.11 Å². The third-order valence-electron chi connectivity index (χ3n) is 2.49. The van der Waals surface area contributed by atoms with Crippen LogP contribution in [0.15, 0.2) is 24.3 Å². The molecule has 98 valence electrons. The zero-order valence-electron chi connectivity index (χ0n) is 10.5. The lowest BCUT2D eigenvalue weighted by Gasteiger charge is -2.11. The molecule has 1 aromatic rings. The normalized spacial score (nSPS) is 11.9. The Morgan fingerprint density at radius 2 is 2.06 bits per heavy atom. The van der Waals surface area contributed by atoms with Gasteiger partial charge in [-0.25, -0.2) is 0 Å². The molecule has 2 N–H and O–H groups in total. The number of rotatable bonds is 6. The van der Waals surface area contributed by atoms with E-state index in [2.05, 4.69) is 4.74 Å². The van der Waals surface area contributed by atoms with Crippen molar-refractivity contribution in [3.63, 3.8) is 0 Å². The van der Waals surface area contributed by atoms with Gasteiger partial charge in [0.25, 0.3) is 0 Å². The first-order chi connectivity index (χ1) is 8.54. The second-order valence-corrected chi connectivity index (χ2v) is 5.35. The molecule has 0 aromatic heterocycles. The Hall–Kier alpha value is -1.49. The van der Waals surface area contributed by atoms with Crippen LogP contribution in [0.1, 0.15) is 29.3 Å². The average Bonchev–Trinajstić information content (AvgIpc) is 2.36. The van der Waals surface area contributed by atoms with Crippen LogP contribution in [-0.4, -0.2) is 24.2 Å². The molecule has 0 aliphatic carbocycles. The third kappa shape index (κ3) is 4.41. The Morgan fingerprint density at radius 3 is 2.67 bits per heavy atom. The summed E-state index contributed by atoms with van der Waals surface area (Å²) in [6, 6.07) is 7.24. The number of amides is 1. The topological polar surface area (TPSA) is 69.4 Å². The lowest BCUT2D eigenvalue weighted by atomic mass is 10.1. The molecule has 1 atom stereocenters. The van der Waals surface area contributed by atoms with Crippen LogP contribution in [0.5, 0.6) is 0 Å². The number of carbonyl (C=O) groups is 2. The monoisotopic (exact) mass is 267 g/mol. The number of methoxy groups -OCH3 is 1. The summed E-state index contributed by atoms with van der Waals surface area (Å²) in [4.78, 5) is 22.3. The Kier molecular flexibility index (Phi) is 5.71. The number of carbonyl (C=O) groups excluding carboxylic acids is 2. The lowest BCUT2D eigenvalue weighted by molar-refractivity contribution is -0.140. The number of hydrogen-bond donors (Lipinski definition) is 1. The summed E-state index contributed by atoms with van der Waals surface area (Å²) in [6.07, 6.45) is 0.361. The molecule has 0 aliphatic rings. The van der Waals surface area contributed by atoms with Gasteiger partial charge in [0.05, 0.1) is 13.5 Å². The predicted octanol–water partition coefficient (Wildman–Crippen LogP) is 1.97. The van der Waals surface area contributed by atoms with Crippen molar-refractivity contribution in [1.82, 2.24) is 0 Å². The smallest absolute Gasteiger partial charge is 0.306 e. The van der Waals surface area contributed by atoms with E-state index < -0.39 is 5.91 Å². The standard InChI is InChI=1S/C13H17NO3S/c1-9(7-12(15)17-2)18-8-10-5-3-4-6-11(10)13(14)16/h3-6,9H,7-8H2,1-2H3,(H2,14,16). The second kappa shape index (κ2) is 7.06. The molecule has 0 aliphatic heterocycles. The number of nitrogens with two attached hydrogens (primary N) is 1. The summed E-state index contributed by atoms with van der Waals surface area (Å²) in [5, 5.41) is 0.137. The molecule has 0 radical (unpaired) electrons. The highest BCUT2D eigenvalue weighted by Crippen LogP contribution is 2.22. The van der Waals surface area contributed by atoms with Gasteiger partial charge in [-0.1, -0.05) is 25.1 Å². The lowest BCUT2D eigenvalue weighted by Crippen LogP contribution is -2.14. The maximum absolute atomic E-state index is 11.2. The molecule has 0 fully saturated rings. The Bertz CT molecular complexity index is 434. The second-order valence-electron chi connectivity index (χ2n) is 3.92. The van der Waals surface area contributed by atoms with Crippen LogP contribution < -0.4 is 5.73 Å². The van der Waals surface area contributed by atoms with Gasteiger partial charge in [0, 0.05) is 16.6 Å². The maximum Gasteiger partial charge on any atom is 0.306 e. The third-order valence-corrected chi connectivity index (χ3v) is 3.70. The molecule has 1 rings (SSSR count). The van der Waals surface area contributed by atoms with Gasteiger partial charge in [-0.05, 0) is 11.6 Å². The molecule has 0 saturated heterocycles. The van der Waals surface area contributed by atoms with Crippen LogP contribution in [0.25, 0.3) is 0 Å². The fourth-order valence-corrected chi connectivity index (χ4v) is 2.47. The first kappa shape index (κ1) is 14.6. The van der Waals surface area contributed by atoms with Crippen LogP contribution in [0.2, 0.25) is 0 Å². The number of esters is 1. The fourth-order valence-electron chi connectivity index (χ4n) is 1.50. The van der Waals surface area contributed by atoms with E-state index >= 15 is 0 Å². The quantitative estimate of drug-likeness (QED) is 0.800. The van der Waals surface area contributed by atoms with Gasteiger partial charge in [-0.2, -0.15) is 11.8 Å². The average molecular weight is 267 g/mol. The molecule has 0 spiro atoms. The van der Waals surface area contributed by atoms with E-state index in [-0.39, 0.29) is 11.2 Å². The van der Waals surface area contributed by atoms with E-state index in [0.717, 1.165) is 5.56 Å². The van der Waals surface area contributed by atoms with E-state index in [0.29, 0.717) is 17.7 Å². The number of ether oxygens (including phenoxy) is 1. The van der Waals surface area contributed by atoms with Crippen molar-refractivity contribution in [3.8, 4) is 0 Å². The van der Waals surface area contributed by atoms with Crippen molar-refractivity contribution >= 4 is 23.6 Å². The summed E-state index contributed by atoms with van der Waals surface area (Å²) in [7, 11) is 1.38. The molecule has 1 aromatic carbocycles. The van der Waals surface area contributed by atoms with Gasteiger partial charge in [-0.15, -0.1) is 0 Å². The minimum Gasteiger partial charge on any atom is -0.469 e. The highest BCUT2D eigenvalue weighted by atomic mass is 32.2. The Balaban J connectivity index is 2.58. The summed E-state index contributed by atoms with van der Waals surface area (Å²) in [5.41, 5.74) is 6.73. The van der Waals surface area contributed by atoms with Crippen LogP contribution in [-0.2, 0) is 15.3 Å². The van der Waals surface area contributed by atoms with Gasteiger partial charge in [-0.3, -0.25) is 9.59 Å². The van der Waals surface area contributed by atoms with Gasteiger partial charge in [0.15, 0.2) is 0 Å². The summed E-state index contributed by atoms with van der Waals surface area (Å²) in [6.45, 7) is 1.95. The Morgan fingerprint density at radius 1 is 1.39 bits per heavy atom. The molecule has 1 unspecified atom stereocenters. The van der Waals surface area contributed by atoms with Gasteiger partial charge in [0.2, 0.25) is 5.91 Å². The molecule has 5 heteroatoms. The van der Waals surface area contributed by atoms with Crippen LogP contribution >= 0.6 is 11.8 Å². The first-order valence-electron chi connectivity index (χ1n) is 5.60. The van der Waals surface area contributed by atoms with Crippen molar-refractivity contribution < 1.29 is 14.3 Å². The van der Waals surface area contributed by atoms with E-state index in [1.165, 1.54) is 7.11 Å². The van der Waals surface area contributed by atoms with Crippen LogP contribution in [0.4, 0.5) is 0 Å². The fraction of sp³-hybridized carbons (Fsp3) is 0.385. The molecule has 18 heavy (non-hydrogen) atoms. The number of thioether (sulfide) groups is 1. The molecule has 0 bridgehead atoms. The molecular formula is C13H17NO3S. The molecule has 0 heterocycles. The van der Waals surface area contributed by atoms with Gasteiger partial charge < -0.3 is 10.5 Å². The van der Waals surface area contributed by atoms with Gasteiger partial charge >= 0.3 is 5.97 Å². The van der Waals surface area contributed by atoms with Crippen molar-refractivity contribution in [1.29, 1.82) is 0 Å². The highest BCUT2D eigenvalue weighted by molar-refractivity contribution is 7.99. The van der Waals surface area contributed by atoms with E-state index in [1.54, 1.807) is 23.9 Å². The van der Waals surface area contributed by atoms with E-state index in [4.69, 9.17) is 5.73 Å². The van der Waals surface area contributed by atoms with Crippen molar-refractivity contribution in [2.24, 2.45) is 5.73 Å². The SMILES string of the molecule is COC(=O)CC(C)SCc1ccccc1C(N)=O. The number of benzene rings is 1. The summed E-state index contributed by atoms with van der Waals surface area (Å²) >= 11 is 1.60. The Labute approximate surface area is 111 Å². The van der Waals surface area contributed by atoms with E-state index in [1.807, 2.05) is 19.1 Å². The summed E-state index contributed by atoms with van der Waals surface area (Å²) in [5.74, 6) is 0.00193. The largest absolute Gasteiger partial charge is 0.469 e.